The molecule has 114 valence electrons. The third-order valence-corrected chi connectivity index (χ3v) is 3.92. The summed E-state index contributed by atoms with van der Waals surface area (Å²) in [4.78, 5) is 1.93. The van der Waals surface area contributed by atoms with Gasteiger partial charge < -0.3 is 5.32 Å². The summed E-state index contributed by atoms with van der Waals surface area (Å²) >= 11 is 2.13. The highest BCUT2D eigenvalue weighted by atomic mass is 127. The van der Waals surface area contributed by atoms with Crippen molar-refractivity contribution >= 4 is 35.0 Å². The van der Waals surface area contributed by atoms with E-state index in [1.54, 1.807) is 6.07 Å². The molecular formula is C13H17ClF3IN2. The first-order valence-electron chi connectivity index (χ1n) is 6.23. The number of hydrogen-bond donors (Lipinski definition) is 1. The Kier molecular flexibility index (Phi) is 7.03. The molecule has 1 fully saturated rings. The normalized spacial score (nSPS) is 18.4. The average Bonchev–Trinajstić information content (AvgIpc) is 2.36. The predicted molar refractivity (Wildman–Crippen MR) is 84.3 cm³/mol. The number of alkyl halides is 3. The Morgan fingerprint density at radius 2 is 1.90 bits per heavy atom. The summed E-state index contributed by atoms with van der Waals surface area (Å²) in [5.74, 6) is 0. The summed E-state index contributed by atoms with van der Waals surface area (Å²) in [5.41, 5.74) is 0.756. The molecule has 0 spiro atoms. The number of halogens is 5. The maximum atomic E-state index is 12.8. The van der Waals surface area contributed by atoms with Crippen molar-refractivity contribution in [2.45, 2.75) is 18.6 Å². The Morgan fingerprint density at radius 1 is 1.25 bits per heavy atom. The van der Waals surface area contributed by atoms with Crippen molar-refractivity contribution in [1.29, 1.82) is 0 Å². The summed E-state index contributed by atoms with van der Waals surface area (Å²) < 4.78 is 39.4. The maximum absolute atomic E-state index is 12.8. The van der Waals surface area contributed by atoms with Gasteiger partial charge in [0.2, 0.25) is 0 Å². The van der Waals surface area contributed by atoms with Crippen molar-refractivity contribution in [2.24, 2.45) is 0 Å². The molecule has 1 saturated heterocycles. The number of rotatable bonds is 3. The minimum Gasteiger partial charge on any atom is -0.314 e. The molecule has 0 amide bonds. The van der Waals surface area contributed by atoms with Crippen LogP contribution in [-0.2, 0) is 0 Å². The Labute approximate surface area is 136 Å². The van der Waals surface area contributed by atoms with E-state index >= 15 is 0 Å². The van der Waals surface area contributed by atoms with Crippen LogP contribution in [-0.4, -0.2) is 37.3 Å². The van der Waals surface area contributed by atoms with Crippen molar-refractivity contribution < 1.29 is 13.2 Å². The lowest BCUT2D eigenvalue weighted by molar-refractivity contribution is -0.148. The van der Waals surface area contributed by atoms with E-state index in [1.165, 1.54) is 0 Å². The molecule has 0 aliphatic carbocycles. The minimum absolute atomic E-state index is 0. The molecule has 1 aliphatic heterocycles. The lowest BCUT2D eigenvalue weighted by atomic mass is 10.0. The van der Waals surface area contributed by atoms with Gasteiger partial charge in [0.25, 0.3) is 0 Å². The van der Waals surface area contributed by atoms with E-state index in [2.05, 4.69) is 27.9 Å². The van der Waals surface area contributed by atoms with Crippen LogP contribution in [0.3, 0.4) is 0 Å². The van der Waals surface area contributed by atoms with E-state index in [1.807, 2.05) is 23.1 Å². The van der Waals surface area contributed by atoms with Crippen molar-refractivity contribution in [3.63, 3.8) is 0 Å². The van der Waals surface area contributed by atoms with Gasteiger partial charge in [-0.25, -0.2) is 0 Å². The standard InChI is InChI=1S/C13H16F3IN2.ClH/c14-13(15,16)9-12(19-6-4-18-5-7-19)10-2-1-3-11(17)8-10;/h1-3,8,12,18H,4-7,9H2;1H/t12-;/m0./s1. The van der Waals surface area contributed by atoms with Crippen molar-refractivity contribution in [2.75, 3.05) is 26.2 Å². The zero-order valence-electron chi connectivity index (χ0n) is 10.8. The highest BCUT2D eigenvalue weighted by Crippen LogP contribution is 2.34. The highest BCUT2D eigenvalue weighted by molar-refractivity contribution is 14.1. The summed E-state index contributed by atoms with van der Waals surface area (Å²) in [6, 6.07) is 6.78. The third kappa shape index (κ3) is 5.38. The number of nitrogens with one attached hydrogen (secondary N) is 1. The van der Waals surface area contributed by atoms with Crippen LogP contribution in [0.1, 0.15) is 18.0 Å². The molecule has 20 heavy (non-hydrogen) atoms. The van der Waals surface area contributed by atoms with Gasteiger partial charge >= 0.3 is 6.18 Å². The van der Waals surface area contributed by atoms with E-state index < -0.39 is 18.6 Å². The molecule has 2 rings (SSSR count). The average molecular weight is 421 g/mol. The van der Waals surface area contributed by atoms with E-state index in [-0.39, 0.29) is 12.4 Å². The second-order valence-electron chi connectivity index (χ2n) is 4.68. The first-order chi connectivity index (χ1) is 8.96. The lowest BCUT2D eigenvalue weighted by Gasteiger charge is -2.35. The fourth-order valence-corrected chi connectivity index (χ4v) is 2.95. The fourth-order valence-electron chi connectivity index (χ4n) is 2.38. The maximum Gasteiger partial charge on any atom is 0.390 e. The first-order valence-corrected chi connectivity index (χ1v) is 7.30. The van der Waals surface area contributed by atoms with Gasteiger partial charge in [-0.1, -0.05) is 12.1 Å². The van der Waals surface area contributed by atoms with E-state index in [9.17, 15) is 13.2 Å². The van der Waals surface area contributed by atoms with Gasteiger partial charge in [-0.2, -0.15) is 13.2 Å². The Bertz CT molecular complexity index is 422. The topological polar surface area (TPSA) is 15.3 Å². The molecule has 0 bridgehead atoms. The molecule has 0 unspecified atom stereocenters. The van der Waals surface area contributed by atoms with Gasteiger partial charge in [-0.15, -0.1) is 12.4 Å². The van der Waals surface area contributed by atoms with Gasteiger partial charge in [0, 0.05) is 35.8 Å². The Hall–Kier alpha value is -0.0500. The highest BCUT2D eigenvalue weighted by Gasteiger charge is 2.35. The van der Waals surface area contributed by atoms with Crippen LogP contribution < -0.4 is 5.32 Å². The molecular weight excluding hydrogens is 404 g/mol. The number of hydrogen-bond acceptors (Lipinski definition) is 2. The summed E-state index contributed by atoms with van der Waals surface area (Å²) in [5, 5.41) is 3.17. The SMILES string of the molecule is Cl.FC(F)(F)C[C@@H](c1cccc(I)c1)N1CCNCC1. The Balaban J connectivity index is 0.00000200. The van der Waals surface area contributed by atoms with Crippen LogP contribution in [0, 0.1) is 3.57 Å². The van der Waals surface area contributed by atoms with Gasteiger partial charge in [0.05, 0.1) is 6.42 Å². The van der Waals surface area contributed by atoms with Crippen molar-refractivity contribution in [3.05, 3.63) is 33.4 Å². The van der Waals surface area contributed by atoms with Crippen LogP contribution in [0.25, 0.3) is 0 Å². The van der Waals surface area contributed by atoms with E-state index in [4.69, 9.17) is 0 Å². The predicted octanol–water partition coefficient (Wildman–Crippen LogP) is 3.61. The molecule has 1 aromatic carbocycles. The van der Waals surface area contributed by atoms with Gasteiger partial charge in [-0.05, 0) is 40.3 Å². The summed E-state index contributed by atoms with van der Waals surface area (Å²) in [6.45, 7) is 2.81. The molecule has 1 aliphatic rings. The molecule has 0 aromatic heterocycles. The largest absolute Gasteiger partial charge is 0.390 e. The molecule has 0 saturated carbocycles. The first kappa shape index (κ1) is 18.0. The molecule has 2 nitrogen and oxygen atoms in total. The molecule has 0 radical (unpaired) electrons. The number of nitrogens with zero attached hydrogens (tertiary/aromatic N) is 1. The van der Waals surface area contributed by atoms with E-state index in [0.717, 1.165) is 22.2 Å². The summed E-state index contributed by atoms with van der Waals surface area (Å²) in [6.07, 6.45) is -4.93. The quantitative estimate of drug-likeness (QED) is 0.752. The molecule has 1 N–H and O–H groups in total. The smallest absolute Gasteiger partial charge is 0.314 e. The van der Waals surface area contributed by atoms with Gasteiger partial charge in [0.15, 0.2) is 0 Å². The summed E-state index contributed by atoms with van der Waals surface area (Å²) in [7, 11) is 0. The van der Waals surface area contributed by atoms with Crippen LogP contribution >= 0.6 is 35.0 Å². The second kappa shape index (κ2) is 7.82. The minimum atomic E-state index is -4.14. The van der Waals surface area contributed by atoms with Crippen LogP contribution in [0.4, 0.5) is 13.2 Å². The van der Waals surface area contributed by atoms with Crippen LogP contribution in [0.15, 0.2) is 24.3 Å². The van der Waals surface area contributed by atoms with Gasteiger partial charge in [0.1, 0.15) is 0 Å². The zero-order chi connectivity index (χ0) is 13.9. The van der Waals surface area contributed by atoms with E-state index in [0.29, 0.717) is 13.1 Å². The molecule has 1 atom stereocenters. The Morgan fingerprint density at radius 3 is 2.45 bits per heavy atom. The molecule has 7 heteroatoms. The monoisotopic (exact) mass is 420 g/mol. The number of benzene rings is 1. The van der Waals surface area contributed by atoms with Crippen molar-refractivity contribution in [3.8, 4) is 0 Å². The second-order valence-corrected chi connectivity index (χ2v) is 5.92. The van der Waals surface area contributed by atoms with Crippen LogP contribution in [0.2, 0.25) is 0 Å². The van der Waals surface area contributed by atoms with Crippen molar-refractivity contribution in [1.82, 2.24) is 10.2 Å². The van der Waals surface area contributed by atoms with Gasteiger partial charge in [-0.3, -0.25) is 4.90 Å². The van der Waals surface area contributed by atoms with Crippen LogP contribution in [0.5, 0.6) is 0 Å². The molecule has 1 aromatic rings. The lowest BCUT2D eigenvalue weighted by Crippen LogP contribution is -2.46. The zero-order valence-corrected chi connectivity index (χ0v) is 13.8. The third-order valence-electron chi connectivity index (χ3n) is 3.25. The fraction of sp³-hybridized carbons (Fsp3) is 0.538. The number of piperazine rings is 1. The molecule has 1 heterocycles.